The number of benzene rings is 2. The van der Waals surface area contributed by atoms with Crippen molar-refractivity contribution < 1.29 is 24.3 Å². The van der Waals surface area contributed by atoms with Crippen LogP contribution in [0.4, 0.5) is 5.69 Å². The van der Waals surface area contributed by atoms with Crippen LogP contribution in [0.15, 0.2) is 54.1 Å². The molecule has 38 heavy (non-hydrogen) atoms. The van der Waals surface area contributed by atoms with Crippen LogP contribution >= 0.6 is 57.4 Å². The molecule has 6 atom stereocenters. The summed E-state index contributed by atoms with van der Waals surface area (Å²) < 4.78 is 0.958. The van der Waals surface area contributed by atoms with Crippen LogP contribution < -0.4 is 4.90 Å². The monoisotopic (exact) mass is 684 g/mol. The lowest BCUT2D eigenvalue weighted by atomic mass is 9.56. The third-order valence-corrected chi connectivity index (χ3v) is 10.8. The first-order chi connectivity index (χ1) is 17.9. The van der Waals surface area contributed by atoms with Gasteiger partial charge >= 0.3 is 0 Å². The van der Waals surface area contributed by atoms with Gasteiger partial charge in [-0.15, -0.1) is 23.2 Å². The van der Waals surface area contributed by atoms with E-state index < -0.39 is 51.1 Å². The molecule has 1 saturated carbocycles. The van der Waals surface area contributed by atoms with Crippen LogP contribution in [0, 0.1) is 21.3 Å². The van der Waals surface area contributed by atoms with Crippen LogP contribution in [0.3, 0.4) is 0 Å². The van der Waals surface area contributed by atoms with Crippen LogP contribution in [0.1, 0.15) is 24.3 Å². The van der Waals surface area contributed by atoms with Crippen molar-refractivity contribution in [3.05, 3.63) is 68.3 Å². The number of alkyl halides is 2. The second kappa shape index (κ2) is 8.68. The van der Waals surface area contributed by atoms with Crippen molar-refractivity contribution in [3.63, 3.8) is 0 Å². The lowest BCUT2D eigenvalue weighted by molar-refractivity contribution is -0.138. The lowest BCUT2D eigenvalue weighted by Crippen LogP contribution is -2.60. The number of hydrogen-bond donors (Lipinski definition) is 1. The minimum Gasteiger partial charge on any atom is -0.508 e. The van der Waals surface area contributed by atoms with E-state index in [2.05, 4.69) is 22.6 Å². The summed E-state index contributed by atoms with van der Waals surface area (Å²) in [6.07, 6.45) is 1.94. The SMILES string of the molecule is CN1C(=O)C2(Cl)CC3C(=CCC4C(=O)N(c5ccc(I)cc5)C(=O)C43)C(c3cc(Cl)ccc3O)C2(Cl)C1=O. The molecule has 3 fully saturated rings. The first kappa shape index (κ1) is 26.1. The number of halogens is 4. The second-order valence-corrected chi connectivity index (χ2v) is 13.1. The number of phenols is 1. The highest BCUT2D eigenvalue weighted by Crippen LogP contribution is 2.66. The zero-order chi connectivity index (χ0) is 27.3. The fourth-order valence-corrected chi connectivity index (χ4v) is 8.24. The average molecular weight is 686 g/mol. The van der Waals surface area contributed by atoms with Crippen LogP contribution in [-0.4, -0.2) is 50.4 Å². The molecule has 6 rings (SSSR count). The molecule has 2 saturated heterocycles. The highest BCUT2D eigenvalue weighted by Gasteiger charge is 2.76. The van der Waals surface area contributed by atoms with Gasteiger partial charge in [0.05, 0.1) is 17.5 Å². The number of likely N-dealkylation sites (tertiary alicyclic amines) is 1. The zero-order valence-electron chi connectivity index (χ0n) is 19.8. The molecular formula is C27H20Cl3IN2O5. The summed E-state index contributed by atoms with van der Waals surface area (Å²) in [6, 6.07) is 11.4. The molecule has 2 aliphatic carbocycles. The quantitative estimate of drug-likeness (QED) is 0.211. The van der Waals surface area contributed by atoms with Gasteiger partial charge in [-0.25, -0.2) is 0 Å². The highest BCUT2D eigenvalue weighted by atomic mass is 127. The Kier molecular flexibility index (Phi) is 5.96. The van der Waals surface area contributed by atoms with Gasteiger partial charge in [0.2, 0.25) is 11.8 Å². The zero-order valence-corrected chi connectivity index (χ0v) is 24.3. The first-order valence-electron chi connectivity index (χ1n) is 11.9. The van der Waals surface area contributed by atoms with E-state index in [1.165, 1.54) is 30.1 Å². The topological polar surface area (TPSA) is 95.0 Å². The molecule has 2 aromatic rings. The third-order valence-electron chi connectivity index (χ3n) is 8.40. The Morgan fingerprint density at radius 1 is 0.974 bits per heavy atom. The van der Waals surface area contributed by atoms with Crippen molar-refractivity contribution in [2.75, 3.05) is 11.9 Å². The Labute approximate surface area is 246 Å². The van der Waals surface area contributed by atoms with E-state index in [1.807, 2.05) is 18.2 Å². The Bertz CT molecular complexity index is 1480. The number of rotatable bonds is 2. The molecule has 7 nitrogen and oxygen atoms in total. The maximum Gasteiger partial charge on any atom is 0.253 e. The predicted molar refractivity (Wildman–Crippen MR) is 150 cm³/mol. The van der Waals surface area contributed by atoms with Crippen molar-refractivity contribution in [2.24, 2.45) is 17.8 Å². The van der Waals surface area contributed by atoms with E-state index in [4.69, 9.17) is 34.8 Å². The number of phenolic OH excluding ortho intramolecular Hbond substituents is 1. The number of anilines is 1. The molecule has 11 heteroatoms. The molecule has 0 bridgehead atoms. The number of amides is 4. The minimum absolute atomic E-state index is 0.114. The molecule has 4 amide bonds. The maximum atomic E-state index is 13.9. The van der Waals surface area contributed by atoms with Gasteiger partial charge in [-0.2, -0.15) is 0 Å². The van der Waals surface area contributed by atoms with E-state index in [9.17, 15) is 24.3 Å². The minimum atomic E-state index is -1.97. The Balaban J connectivity index is 1.53. The summed E-state index contributed by atoms with van der Waals surface area (Å²) in [5, 5.41) is 11.2. The van der Waals surface area contributed by atoms with Crippen LogP contribution in [0.2, 0.25) is 5.02 Å². The Hall–Kier alpha value is -2.14. The van der Waals surface area contributed by atoms with Crippen molar-refractivity contribution in [2.45, 2.75) is 28.5 Å². The average Bonchev–Trinajstić information content (AvgIpc) is 3.21. The number of fused-ring (bicyclic) bond motifs is 4. The molecule has 6 unspecified atom stereocenters. The summed E-state index contributed by atoms with van der Waals surface area (Å²) in [5.74, 6) is -5.46. The van der Waals surface area contributed by atoms with E-state index in [0.717, 1.165) is 8.47 Å². The second-order valence-electron chi connectivity index (χ2n) is 10.2. The number of carbonyl (C=O) groups excluding carboxylic acids is 4. The molecule has 0 spiro atoms. The summed E-state index contributed by atoms with van der Waals surface area (Å²) in [5.41, 5.74) is 1.29. The van der Waals surface area contributed by atoms with E-state index in [0.29, 0.717) is 11.3 Å². The third kappa shape index (κ3) is 3.26. The number of imide groups is 2. The molecule has 0 radical (unpaired) electrons. The summed E-state index contributed by atoms with van der Waals surface area (Å²) in [7, 11) is 1.32. The summed E-state index contributed by atoms with van der Waals surface area (Å²) in [4.78, 5) is 52.7. The van der Waals surface area contributed by atoms with Gasteiger partial charge in [0.1, 0.15) is 5.75 Å². The van der Waals surface area contributed by atoms with E-state index in [1.54, 1.807) is 12.1 Å². The predicted octanol–water partition coefficient (Wildman–Crippen LogP) is 4.84. The molecule has 0 aromatic heterocycles. The Morgan fingerprint density at radius 2 is 1.66 bits per heavy atom. The van der Waals surface area contributed by atoms with E-state index in [-0.39, 0.29) is 35.1 Å². The van der Waals surface area contributed by atoms with Gasteiger partial charge in [0.25, 0.3) is 11.8 Å². The fraction of sp³-hybridized carbons (Fsp3) is 0.333. The van der Waals surface area contributed by atoms with Crippen molar-refractivity contribution in [3.8, 4) is 5.75 Å². The first-order valence-corrected chi connectivity index (χ1v) is 14.1. The van der Waals surface area contributed by atoms with Gasteiger partial charge in [0.15, 0.2) is 9.75 Å². The van der Waals surface area contributed by atoms with Crippen LogP contribution in [-0.2, 0) is 19.2 Å². The molecule has 2 heterocycles. The van der Waals surface area contributed by atoms with Gasteiger partial charge in [-0.05, 0) is 83.8 Å². The van der Waals surface area contributed by atoms with Crippen molar-refractivity contribution in [1.29, 1.82) is 0 Å². The van der Waals surface area contributed by atoms with Gasteiger partial charge < -0.3 is 5.11 Å². The van der Waals surface area contributed by atoms with Gasteiger partial charge in [-0.3, -0.25) is 29.0 Å². The standard InChI is InChI=1S/C27H20Cl3IN2O5/c1-32-24(37)26(29)11-18-15(21(27(26,30)25(32)38)17-10-12(28)2-9-19(17)34)7-8-16-20(18)23(36)33(22(16)35)14-5-3-13(31)4-6-14/h2-7,9-10,16,18,20-21,34H,8,11H2,1H3. The van der Waals surface area contributed by atoms with Gasteiger partial charge in [0, 0.05) is 27.1 Å². The number of aromatic hydroxyl groups is 1. The van der Waals surface area contributed by atoms with Crippen molar-refractivity contribution in [1.82, 2.24) is 4.90 Å². The van der Waals surface area contributed by atoms with E-state index >= 15 is 0 Å². The number of carbonyl (C=O) groups is 4. The molecule has 2 aliphatic heterocycles. The van der Waals surface area contributed by atoms with Crippen LogP contribution in [0.25, 0.3) is 0 Å². The molecule has 1 N–H and O–H groups in total. The van der Waals surface area contributed by atoms with Crippen LogP contribution in [0.5, 0.6) is 5.75 Å². The van der Waals surface area contributed by atoms with Crippen molar-refractivity contribution >= 4 is 86.7 Å². The number of allylic oxidation sites excluding steroid dienone is 2. The highest BCUT2D eigenvalue weighted by molar-refractivity contribution is 14.1. The number of nitrogens with zero attached hydrogens (tertiary/aromatic N) is 2. The molecule has 2 aromatic carbocycles. The molecular weight excluding hydrogens is 666 g/mol. The summed E-state index contributed by atoms with van der Waals surface area (Å²) >= 11 is 22.6. The summed E-state index contributed by atoms with van der Waals surface area (Å²) in [6.45, 7) is 0. The number of hydrogen-bond acceptors (Lipinski definition) is 5. The largest absolute Gasteiger partial charge is 0.508 e. The smallest absolute Gasteiger partial charge is 0.253 e. The lowest BCUT2D eigenvalue weighted by Gasteiger charge is -2.50. The van der Waals surface area contributed by atoms with Gasteiger partial charge in [-0.1, -0.05) is 23.3 Å². The molecule has 4 aliphatic rings. The normalized spacial score (nSPS) is 34.3. The maximum absolute atomic E-state index is 13.9. The Morgan fingerprint density at radius 3 is 2.34 bits per heavy atom. The molecule has 196 valence electrons. The fourth-order valence-electron chi connectivity index (χ4n) is 6.69.